The van der Waals surface area contributed by atoms with Crippen LogP contribution in [0.4, 0.5) is 0 Å². The molecule has 1 aromatic carbocycles. The van der Waals surface area contributed by atoms with Crippen molar-refractivity contribution < 1.29 is 4.74 Å². The predicted octanol–water partition coefficient (Wildman–Crippen LogP) is 3.74. The number of ether oxygens (including phenoxy) is 1. The molecule has 1 aliphatic rings. The molecule has 0 radical (unpaired) electrons. The van der Waals surface area contributed by atoms with Crippen LogP contribution >= 0.6 is 0 Å². The summed E-state index contributed by atoms with van der Waals surface area (Å²) < 4.78 is 5.86. The summed E-state index contributed by atoms with van der Waals surface area (Å²) in [5.74, 6) is 1.40. The molecule has 1 N–H and O–H groups in total. The molecular weight excluding hydrogens is 222 g/mol. The number of nitrogens with one attached hydrogen (secondary N) is 1. The molecule has 0 fully saturated rings. The SMILES string of the molecule is C=CC1=C(C=C)OC(c2ccccc2)=C(C=C)N1. The molecule has 0 aliphatic carbocycles. The fourth-order valence-electron chi connectivity index (χ4n) is 1.73. The van der Waals surface area contributed by atoms with E-state index in [4.69, 9.17) is 4.74 Å². The molecule has 1 aliphatic heterocycles. The molecule has 0 bridgehead atoms. The van der Waals surface area contributed by atoms with Gasteiger partial charge in [0.1, 0.15) is 5.76 Å². The molecule has 0 aromatic heterocycles. The number of benzene rings is 1. The van der Waals surface area contributed by atoms with Crippen LogP contribution < -0.4 is 5.32 Å². The second kappa shape index (κ2) is 5.23. The summed E-state index contributed by atoms with van der Waals surface area (Å²) in [5.41, 5.74) is 2.60. The van der Waals surface area contributed by atoms with Gasteiger partial charge in [-0.15, -0.1) is 0 Å². The first-order valence-electron chi connectivity index (χ1n) is 5.66. The van der Waals surface area contributed by atoms with Gasteiger partial charge in [-0.3, -0.25) is 0 Å². The van der Waals surface area contributed by atoms with Crippen molar-refractivity contribution in [2.75, 3.05) is 0 Å². The maximum Gasteiger partial charge on any atom is 0.158 e. The Kier molecular flexibility index (Phi) is 3.49. The maximum atomic E-state index is 5.86. The van der Waals surface area contributed by atoms with Gasteiger partial charge in [0.15, 0.2) is 5.76 Å². The van der Waals surface area contributed by atoms with Gasteiger partial charge in [-0.25, -0.2) is 0 Å². The molecule has 0 saturated heterocycles. The number of hydrogen-bond acceptors (Lipinski definition) is 2. The fraction of sp³-hybridized carbons (Fsp3) is 0. The minimum atomic E-state index is 0.662. The van der Waals surface area contributed by atoms with Crippen LogP contribution in [0.3, 0.4) is 0 Å². The molecular formula is C16H15NO. The molecule has 2 rings (SSSR count). The second-order valence-corrected chi connectivity index (χ2v) is 3.73. The van der Waals surface area contributed by atoms with Crippen molar-refractivity contribution in [3.8, 4) is 0 Å². The van der Waals surface area contributed by atoms with Gasteiger partial charge in [0.25, 0.3) is 0 Å². The monoisotopic (exact) mass is 237 g/mol. The standard InChI is InChI=1S/C16H15NO/c1-4-13-15(6-3)18-16(14(5-2)17-13)12-10-8-7-9-11-12/h4-11,17H,1-3H2. The molecule has 2 heteroatoms. The lowest BCUT2D eigenvalue weighted by atomic mass is 10.1. The Bertz CT molecular complexity index is 550. The van der Waals surface area contributed by atoms with E-state index in [0.717, 1.165) is 22.7 Å². The van der Waals surface area contributed by atoms with Crippen molar-refractivity contribution >= 4 is 5.76 Å². The summed E-state index contributed by atoms with van der Waals surface area (Å²) in [6, 6.07) is 9.87. The molecule has 0 saturated carbocycles. The Hall–Kier alpha value is -2.48. The van der Waals surface area contributed by atoms with Crippen molar-refractivity contribution in [1.29, 1.82) is 0 Å². The highest BCUT2D eigenvalue weighted by molar-refractivity contribution is 5.68. The van der Waals surface area contributed by atoms with E-state index in [9.17, 15) is 0 Å². The average molecular weight is 237 g/mol. The highest BCUT2D eigenvalue weighted by atomic mass is 16.5. The summed E-state index contributed by atoms with van der Waals surface area (Å²) in [4.78, 5) is 0. The van der Waals surface area contributed by atoms with Crippen molar-refractivity contribution in [3.05, 3.63) is 91.0 Å². The van der Waals surface area contributed by atoms with Gasteiger partial charge in [-0.1, -0.05) is 50.1 Å². The molecule has 0 amide bonds. The van der Waals surface area contributed by atoms with Crippen molar-refractivity contribution in [3.63, 3.8) is 0 Å². The first-order chi connectivity index (χ1) is 8.80. The minimum Gasteiger partial charge on any atom is -0.452 e. The smallest absolute Gasteiger partial charge is 0.158 e. The highest BCUT2D eigenvalue weighted by Crippen LogP contribution is 2.28. The van der Waals surface area contributed by atoms with Crippen LogP contribution in [0.2, 0.25) is 0 Å². The first kappa shape index (κ1) is 12.0. The van der Waals surface area contributed by atoms with Crippen LogP contribution in [0.25, 0.3) is 5.76 Å². The predicted molar refractivity (Wildman–Crippen MR) is 75.2 cm³/mol. The quantitative estimate of drug-likeness (QED) is 0.861. The summed E-state index contributed by atoms with van der Waals surface area (Å²) in [6.45, 7) is 11.3. The summed E-state index contributed by atoms with van der Waals surface area (Å²) in [5, 5.41) is 3.23. The van der Waals surface area contributed by atoms with Crippen LogP contribution in [0, 0.1) is 0 Å². The molecule has 2 nitrogen and oxygen atoms in total. The molecule has 90 valence electrons. The lowest BCUT2D eigenvalue weighted by Crippen LogP contribution is -2.19. The Morgan fingerprint density at radius 1 is 0.889 bits per heavy atom. The highest BCUT2D eigenvalue weighted by Gasteiger charge is 2.18. The Morgan fingerprint density at radius 2 is 1.56 bits per heavy atom. The van der Waals surface area contributed by atoms with Gasteiger partial charge in [0.05, 0.1) is 11.4 Å². The van der Waals surface area contributed by atoms with Gasteiger partial charge in [0, 0.05) is 5.56 Å². The van der Waals surface area contributed by atoms with E-state index in [1.165, 1.54) is 0 Å². The average Bonchev–Trinajstić information content (AvgIpc) is 2.46. The number of rotatable bonds is 4. The zero-order valence-electron chi connectivity index (χ0n) is 10.1. The van der Waals surface area contributed by atoms with Gasteiger partial charge in [-0.2, -0.15) is 0 Å². The van der Waals surface area contributed by atoms with Gasteiger partial charge >= 0.3 is 0 Å². The third kappa shape index (κ3) is 2.13. The number of allylic oxidation sites excluding steroid dienone is 3. The van der Waals surface area contributed by atoms with E-state index >= 15 is 0 Å². The lowest BCUT2D eigenvalue weighted by molar-refractivity contribution is 0.379. The van der Waals surface area contributed by atoms with Gasteiger partial charge in [-0.05, 0) is 18.2 Å². The summed E-state index contributed by atoms with van der Waals surface area (Å²) >= 11 is 0. The van der Waals surface area contributed by atoms with Crippen molar-refractivity contribution in [2.24, 2.45) is 0 Å². The topological polar surface area (TPSA) is 21.3 Å². The lowest BCUT2D eigenvalue weighted by Gasteiger charge is -2.23. The largest absolute Gasteiger partial charge is 0.452 e. The molecule has 0 atom stereocenters. The number of hydrogen-bond donors (Lipinski definition) is 1. The third-order valence-electron chi connectivity index (χ3n) is 2.62. The van der Waals surface area contributed by atoms with E-state index in [2.05, 4.69) is 25.1 Å². The second-order valence-electron chi connectivity index (χ2n) is 3.73. The molecule has 1 heterocycles. The van der Waals surface area contributed by atoms with Crippen LogP contribution in [0.1, 0.15) is 5.56 Å². The van der Waals surface area contributed by atoms with Crippen molar-refractivity contribution in [1.82, 2.24) is 5.32 Å². The zero-order valence-corrected chi connectivity index (χ0v) is 10.1. The van der Waals surface area contributed by atoms with Gasteiger partial charge < -0.3 is 10.1 Å². The molecule has 0 unspecified atom stereocenters. The Balaban J connectivity index is 2.46. The van der Waals surface area contributed by atoms with Crippen LogP contribution in [0.5, 0.6) is 0 Å². The van der Waals surface area contributed by atoms with Crippen LogP contribution in [-0.4, -0.2) is 0 Å². The van der Waals surface area contributed by atoms with Crippen LogP contribution in [-0.2, 0) is 4.74 Å². The third-order valence-corrected chi connectivity index (χ3v) is 2.62. The van der Waals surface area contributed by atoms with Gasteiger partial charge in [0.2, 0.25) is 0 Å². The fourth-order valence-corrected chi connectivity index (χ4v) is 1.73. The van der Waals surface area contributed by atoms with Crippen molar-refractivity contribution in [2.45, 2.75) is 0 Å². The van der Waals surface area contributed by atoms with Crippen LogP contribution in [0.15, 0.2) is 85.4 Å². The normalized spacial score (nSPS) is 14.7. The Labute approximate surface area is 107 Å². The molecule has 1 aromatic rings. The zero-order chi connectivity index (χ0) is 13.0. The first-order valence-corrected chi connectivity index (χ1v) is 5.66. The summed E-state index contributed by atoms with van der Waals surface area (Å²) in [6.07, 6.45) is 5.08. The molecule has 0 spiro atoms. The minimum absolute atomic E-state index is 0.662. The van der Waals surface area contributed by atoms with E-state index < -0.39 is 0 Å². The Morgan fingerprint density at radius 3 is 2.11 bits per heavy atom. The van der Waals surface area contributed by atoms with E-state index in [-0.39, 0.29) is 0 Å². The summed E-state index contributed by atoms with van der Waals surface area (Å²) in [7, 11) is 0. The maximum absolute atomic E-state index is 5.86. The van der Waals surface area contributed by atoms with E-state index in [1.54, 1.807) is 18.2 Å². The van der Waals surface area contributed by atoms with E-state index in [0.29, 0.717) is 5.76 Å². The molecule has 18 heavy (non-hydrogen) atoms. The van der Waals surface area contributed by atoms with E-state index in [1.807, 2.05) is 30.3 Å².